The molecule has 0 saturated heterocycles. The molecule has 2 aromatic heterocycles. The number of sulfonamides is 1. The van der Waals surface area contributed by atoms with E-state index in [0.717, 1.165) is 0 Å². The first-order valence-corrected chi connectivity index (χ1v) is 12.1. The first-order chi connectivity index (χ1) is 16.5. The summed E-state index contributed by atoms with van der Waals surface area (Å²) in [6.07, 6.45) is 0. The highest BCUT2D eigenvalue weighted by Crippen LogP contribution is 2.26. The predicted octanol–water partition coefficient (Wildman–Crippen LogP) is 3.57. The Hall–Kier alpha value is -4.25. The van der Waals surface area contributed by atoms with Crippen LogP contribution < -0.4 is 15.6 Å². The van der Waals surface area contributed by atoms with Crippen molar-refractivity contribution in [3.63, 3.8) is 0 Å². The van der Waals surface area contributed by atoms with Gasteiger partial charge in [-0.15, -0.1) is 0 Å². The molecule has 2 aromatic carbocycles. The summed E-state index contributed by atoms with van der Waals surface area (Å²) in [5.74, 6) is 0.218. The van der Waals surface area contributed by atoms with Crippen LogP contribution in [0, 0.1) is 20.8 Å². The SMILES string of the molecule is CC(=O)Nc1ccc(NS(=O)(=O)c2cc(-c3ccc(=O)n(-c4c(C)noc4C)n3)ccc2C)cc1. The second-order valence-electron chi connectivity index (χ2n) is 7.99. The van der Waals surface area contributed by atoms with E-state index in [1.165, 1.54) is 29.8 Å². The van der Waals surface area contributed by atoms with Gasteiger partial charge < -0.3 is 9.84 Å². The van der Waals surface area contributed by atoms with Crippen molar-refractivity contribution in [3.05, 3.63) is 82.0 Å². The van der Waals surface area contributed by atoms with Gasteiger partial charge in [0.25, 0.3) is 15.6 Å². The molecule has 11 heteroatoms. The molecule has 2 heterocycles. The third kappa shape index (κ3) is 4.99. The van der Waals surface area contributed by atoms with Crippen molar-refractivity contribution in [1.82, 2.24) is 14.9 Å². The summed E-state index contributed by atoms with van der Waals surface area (Å²) in [6.45, 7) is 6.47. The van der Waals surface area contributed by atoms with Crippen molar-refractivity contribution in [2.45, 2.75) is 32.6 Å². The van der Waals surface area contributed by atoms with Gasteiger partial charge in [-0.25, -0.2) is 8.42 Å². The highest BCUT2D eigenvalue weighted by atomic mass is 32.2. The molecule has 2 N–H and O–H groups in total. The van der Waals surface area contributed by atoms with Gasteiger partial charge in [0.05, 0.1) is 10.6 Å². The van der Waals surface area contributed by atoms with E-state index in [0.29, 0.717) is 45.3 Å². The van der Waals surface area contributed by atoms with Crippen LogP contribution in [0.15, 0.2) is 68.8 Å². The number of carbonyl (C=O) groups excluding carboxylic acids is 1. The van der Waals surface area contributed by atoms with Gasteiger partial charge in [0.1, 0.15) is 11.4 Å². The van der Waals surface area contributed by atoms with E-state index in [-0.39, 0.29) is 16.4 Å². The molecule has 0 radical (unpaired) electrons. The number of aromatic nitrogens is 3. The van der Waals surface area contributed by atoms with Gasteiger partial charge in [-0.1, -0.05) is 17.3 Å². The normalized spacial score (nSPS) is 11.3. The number of anilines is 2. The molecule has 10 nitrogen and oxygen atoms in total. The van der Waals surface area contributed by atoms with E-state index in [4.69, 9.17) is 4.52 Å². The molecule has 0 spiro atoms. The molecule has 0 aliphatic rings. The minimum atomic E-state index is -3.94. The summed E-state index contributed by atoms with van der Waals surface area (Å²) >= 11 is 0. The molecule has 1 amide bonds. The maximum atomic E-state index is 13.2. The van der Waals surface area contributed by atoms with Gasteiger partial charge >= 0.3 is 0 Å². The maximum Gasteiger partial charge on any atom is 0.271 e. The topological polar surface area (TPSA) is 136 Å². The first-order valence-electron chi connectivity index (χ1n) is 10.6. The lowest BCUT2D eigenvalue weighted by Gasteiger charge is -2.13. The van der Waals surface area contributed by atoms with Gasteiger partial charge in [0, 0.05) is 29.9 Å². The number of aryl methyl sites for hydroxylation is 3. The lowest BCUT2D eigenvalue weighted by molar-refractivity contribution is -0.114. The molecular formula is C24H23N5O5S. The first kappa shape index (κ1) is 23.9. The second kappa shape index (κ2) is 9.18. The summed E-state index contributed by atoms with van der Waals surface area (Å²) < 4.78 is 35.3. The lowest BCUT2D eigenvalue weighted by atomic mass is 10.1. The molecule has 0 aliphatic carbocycles. The zero-order chi connectivity index (χ0) is 25.3. The van der Waals surface area contributed by atoms with E-state index in [9.17, 15) is 18.0 Å². The van der Waals surface area contributed by atoms with Crippen molar-refractivity contribution in [3.8, 4) is 16.9 Å². The van der Waals surface area contributed by atoms with Gasteiger partial charge in [-0.3, -0.25) is 14.3 Å². The fourth-order valence-corrected chi connectivity index (χ4v) is 4.92. The van der Waals surface area contributed by atoms with Crippen LogP contribution in [0.4, 0.5) is 11.4 Å². The third-order valence-corrected chi connectivity index (χ3v) is 6.76. The predicted molar refractivity (Wildman–Crippen MR) is 131 cm³/mol. The minimum absolute atomic E-state index is 0.0674. The van der Waals surface area contributed by atoms with Crippen LogP contribution in [-0.4, -0.2) is 29.3 Å². The molecule has 0 atom stereocenters. The molecule has 0 unspecified atom stereocenters. The zero-order valence-corrected chi connectivity index (χ0v) is 20.3. The van der Waals surface area contributed by atoms with Crippen LogP contribution in [0.3, 0.4) is 0 Å². The summed E-state index contributed by atoms with van der Waals surface area (Å²) in [5.41, 5.74) is 2.93. The molecule has 4 aromatic rings. The third-order valence-electron chi connectivity index (χ3n) is 5.24. The van der Waals surface area contributed by atoms with Crippen LogP contribution in [0.1, 0.15) is 23.9 Å². The average molecular weight is 494 g/mol. The Balaban J connectivity index is 1.69. The molecule has 35 heavy (non-hydrogen) atoms. The number of benzene rings is 2. The van der Waals surface area contributed by atoms with Crippen LogP contribution >= 0.6 is 0 Å². The Bertz CT molecular complexity index is 1570. The summed E-state index contributed by atoms with van der Waals surface area (Å²) in [6, 6.07) is 14.1. The minimum Gasteiger partial charge on any atom is -0.359 e. The summed E-state index contributed by atoms with van der Waals surface area (Å²) in [7, 11) is -3.94. The zero-order valence-electron chi connectivity index (χ0n) is 19.5. The standard InChI is InChI=1S/C24H23N5O5S/c1-14-5-6-18(21-11-12-23(31)29(26-21)24-15(2)27-34-16(24)3)13-22(14)35(32,33)28-20-9-7-19(8-10-20)25-17(4)30/h5-13,28H,1-4H3,(H,25,30). The summed E-state index contributed by atoms with van der Waals surface area (Å²) in [4.78, 5) is 23.7. The van der Waals surface area contributed by atoms with E-state index in [1.54, 1.807) is 57.2 Å². The van der Waals surface area contributed by atoms with E-state index in [2.05, 4.69) is 20.3 Å². The van der Waals surface area contributed by atoms with Crippen molar-refractivity contribution in [1.29, 1.82) is 0 Å². The number of carbonyl (C=O) groups is 1. The Morgan fingerprint density at radius 1 is 0.971 bits per heavy atom. The number of rotatable bonds is 6. The second-order valence-corrected chi connectivity index (χ2v) is 9.64. The number of nitrogens with one attached hydrogen (secondary N) is 2. The lowest BCUT2D eigenvalue weighted by Crippen LogP contribution is -2.21. The van der Waals surface area contributed by atoms with Crippen molar-refractivity contribution < 1.29 is 17.7 Å². The molecular weight excluding hydrogens is 470 g/mol. The Morgan fingerprint density at radius 2 is 1.66 bits per heavy atom. The number of hydrogen-bond acceptors (Lipinski definition) is 7. The maximum absolute atomic E-state index is 13.2. The average Bonchev–Trinajstić information content (AvgIpc) is 3.13. The monoisotopic (exact) mass is 493 g/mol. The molecule has 4 rings (SSSR count). The van der Waals surface area contributed by atoms with Gasteiger partial charge in [-0.05, 0) is 62.7 Å². The largest absolute Gasteiger partial charge is 0.359 e. The number of hydrogen-bond donors (Lipinski definition) is 2. The highest BCUT2D eigenvalue weighted by Gasteiger charge is 2.20. The molecule has 0 aliphatic heterocycles. The Kier molecular flexibility index (Phi) is 6.27. The smallest absolute Gasteiger partial charge is 0.271 e. The number of amides is 1. The van der Waals surface area contributed by atoms with E-state index >= 15 is 0 Å². The van der Waals surface area contributed by atoms with Crippen molar-refractivity contribution in [2.75, 3.05) is 10.0 Å². The Morgan fingerprint density at radius 3 is 2.29 bits per heavy atom. The van der Waals surface area contributed by atoms with E-state index in [1.807, 2.05) is 0 Å². The molecule has 0 fully saturated rings. The molecule has 0 saturated carbocycles. The van der Waals surface area contributed by atoms with Gasteiger partial charge in [0.15, 0.2) is 5.76 Å². The van der Waals surface area contributed by atoms with Crippen molar-refractivity contribution >= 4 is 27.3 Å². The van der Waals surface area contributed by atoms with Crippen LogP contribution in [0.25, 0.3) is 16.9 Å². The van der Waals surface area contributed by atoms with Gasteiger partial charge in [-0.2, -0.15) is 9.78 Å². The quantitative estimate of drug-likeness (QED) is 0.419. The molecule has 180 valence electrons. The van der Waals surface area contributed by atoms with Crippen LogP contribution in [0.5, 0.6) is 0 Å². The van der Waals surface area contributed by atoms with Crippen LogP contribution in [0.2, 0.25) is 0 Å². The number of nitrogens with zero attached hydrogens (tertiary/aromatic N) is 3. The fraction of sp³-hybridized carbons (Fsp3) is 0.167. The summed E-state index contributed by atoms with van der Waals surface area (Å²) in [5, 5.41) is 10.9. The Labute approximate surface area is 201 Å². The highest BCUT2D eigenvalue weighted by molar-refractivity contribution is 7.92. The fourth-order valence-electron chi connectivity index (χ4n) is 3.59. The van der Waals surface area contributed by atoms with Gasteiger partial charge in [0.2, 0.25) is 5.91 Å². The van der Waals surface area contributed by atoms with E-state index < -0.39 is 10.0 Å². The molecule has 0 bridgehead atoms. The van der Waals surface area contributed by atoms with Crippen LogP contribution in [-0.2, 0) is 14.8 Å². The van der Waals surface area contributed by atoms with Crippen molar-refractivity contribution in [2.24, 2.45) is 0 Å².